The van der Waals surface area contributed by atoms with Crippen LogP contribution in [0.1, 0.15) is 5.89 Å². The van der Waals surface area contributed by atoms with Crippen LogP contribution in [0.3, 0.4) is 0 Å². The van der Waals surface area contributed by atoms with E-state index in [0.717, 1.165) is 10.9 Å². The van der Waals surface area contributed by atoms with E-state index in [0.29, 0.717) is 49.8 Å². The minimum Gasteiger partial charge on any atom is -0.339 e. The molecule has 5 rings (SSSR count). The highest BCUT2D eigenvalue weighted by Crippen LogP contribution is 2.16. The van der Waals surface area contributed by atoms with Gasteiger partial charge in [-0.2, -0.15) is 10.1 Å². The number of carbonyl (C=O) groups excluding carboxylic acids is 1. The zero-order valence-corrected chi connectivity index (χ0v) is 17.4. The molecule has 3 heterocycles. The lowest BCUT2D eigenvalue weighted by molar-refractivity contribution is -0.134. The highest BCUT2D eigenvalue weighted by Gasteiger charge is 2.23. The van der Waals surface area contributed by atoms with Gasteiger partial charge >= 0.3 is 0 Å². The summed E-state index contributed by atoms with van der Waals surface area (Å²) < 4.78 is 6.63. The lowest BCUT2D eigenvalue weighted by Gasteiger charge is -2.33. The molecule has 9 nitrogen and oxygen atoms in total. The number of aromatic nitrogens is 4. The fourth-order valence-corrected chi connectivity index (χ4v) is 3.84. The van der Waals surface area contributed by atoms with Crippen LogP contribution in [0.4, 0.5) is 0 Å². The molecule has 0 spiro atoms. The van der Waals surface area contributed by atoms with Gasteiger partial charge in [-0.1, -0.05) is 53.7 Å². The first kappa shape index (κ1) is 20.1. The Labute approximate surface area is 183 Å². The van der Waals surface area contributed by atoms with Crippen LogP contribution in [-0.2, 0) is 17.9 Å². The van der Waals surface area contributed by atoms with E-state index in [-0.39, 0.29) is 18.0 Å². The molecule has 0 N–H and O–H groups in total. The molecule has 1 fully saturated rings. The van der Waals surface area contributed by atoms with Crippen molar-refractivity contribution >= 4 is 16.7 Å². The number of hydrogen-bond donors (Lipinski definition) is 0. The van der Waals surface area contributed by atoms with Crippen molar-refractivity contribution in [2.24, 2.45) is 0 Å². The molecular weight excluding hydrogens is 408 g/mol. The molecule has 32 heavy (non-hydrogen) atoms. The molecule has 1 aliphatic rings. The van der Waals surface area contributed by atoms with E-state index in [1.807, 2.05) is 42.5 Å². The molecule has 2 aromatic heterocycles. The zero-order chi connectivity index (χ0) is 21.9. The van der Waals surface area contributed by atoms with E-state index < -0.39 is 0 Å². The number of rotatable bonds is 5. The Hall–Kier alpha value is -3.85. The molecule has 4 aromatic rings. The smallest absolute Gasteiger partial charge is 0.275 e. The molecule has 0 radical (unpaired) electrons. The average Bonchev–Trinajstić information content (AvgIpc) is 3.30. The van der Waals surface area contributed by atoms with Crippen molar-refractivity contribution in [2.75, 3.05) is 26.2 Å². The Bertz CT molecular complexity index is 1290. The van der Waals surface area contributed by atoms with E-state index >= 15 is 0 Å². The van der Waals surface area contributed by atoms with Gasteiger partial charge in [-0.15, -0.1) is 0 Å². The van der Waals surface area contributed by atoms with Crippen LogP contribution in [0, 0.1) is 0 Å². The van der Waals surface area contributed by atoms with Crippen molar-refractivity contribution in [2.45, 2.75) is 13.1 Å². The normalized spacial score (nSPS) is 14.7. The molecule has 1 saturated heterocycles. The summed E-state index contributed by atoms with van der Waals surface area (Å²) in [6.07, 6.45) is 1.62. The summed E-state index contributed by atoms with van der Waals surface area (Å²) in [7, 11) is 0. The first-order valence-electron chi connectivity index (χ1n) is 10.5. The summed E-state index contributed by atoms with van der Waals surface area (Å²) in [4.78, 5) is 33.8. The van der Waals surface area contributed by atoms with Crippen LogP contribution in [-0.4, -0.2) is 61.8 Å². The molecule has 9 heteroatoms. The van der Waals surface area contributed by atoms with Crippen molar-refractivity contribution in [3.63, 3.8) is 0 Å². The largest absolute Gasteiger partial charge is 0.339 e. The Morgan fingerprint density at radius 3 is 2.53 bits per heavy atom. The highest BCUT2D eigenvalue weighted by atomic mass is 16.5. The summed E-state index contributed by atoms with van der Waals surface area (Å²) in [6.45, 7) is 2.99. The standard InChI is InChI=1S/C23H22N6O3/c30-21(16-29-23(31)19-9-5-4-8-18(19)14-24-29)28-12-10-27(11-13-28)15-20-25-22(26-32-20)17-6-2-1-3-7-17/h1-9,14H,10-13,15-16H2. The topological polar surface area (TPSA) is 97.4 Å². The summed E-state index contributed by atoms with van der Waals surface area (Å²) in [5, 5.41) is 9.55. The summed E-state index contributed by atoms with van der Waals surface area (Å²) in [5.74, 6) is 1.01. The van der Waals surface area contributed by atoms with Crippen molar-refractivity contribution in [3.8, 4) is 11.4 Å². The van der Waals surface area contributed by atoms with Gasteiger partial charge in [-0.3, -0.25) is 14.5 Å². The van der Waals surface area contributed by atoms with Crippen molar-refractivity contribution in [3.05, 3.63) is 77.0 Å². The minimum absolute atomic E-state index is 0.0617. The van der Waals surface area contributed by atoms with E-state index in [2.05, 4.69) is 20.1 Å². The Morgan fingerprint density at radius 2 is 1.72 bits per heavy atom. The van der Waals surface area contributed by atoms with Gasteiger partial charge in [0.15, 0.2) is 0 Å². The van der Waals surface area contributed by atoms with Crippen molar-refractivity contribution < 1.29 is 9.32 Å². The molecular formula is C23H22N6O3. The third kappa shape index (κ3) is 4.15. The van der Waals surface area contributed by atoms with E-state index in [1.165, 1.54) is 4.68 Å². The quantitative estimate of drug-likeness (QED) is 0.476. The van der Waals surface area contributed by atoms with Gasteiger partial charge < -0.3 is 9.42 Å². The van der Waals surface area contributed by atoms with Crippen LogP contribution in [0.15, 0.2) is 70.1 Å². The molecule has 1 aliphatic heterocycles. The predicted molar refractivity (Wildman–Crippen MR) is 118 cm³/mol. The summed E-state index contributed by atoms with van der Waals surface area (Å²) in [6, 6.07) is 16.9. The number of hydrogen-bond acceptors (Lipinski definition) is 7. The minimum atomic E-state index is -0.249. The van der Waals surface area contributed by atoms with Crippen molar-refractivity contribution in [1.82, 2.24) is 29.7 Å². The first-order chi connectivity index (χ1) is 15.7. The lowest BCUT2D eigenvalue weighted by Crippen LogP contribution is -2.49. The maximum atomic E-state index is 12.7. The third-order valence-corrected chi connectivity index (χ3v) is 5.63. The van der Waals surface area contributed by atoms with Gasteiger partial charge in [0, 0.05) is 37.1 Å². The number of fused-ring (bicyclic) bond motifs is 1. The molecule has 1 amide bonds. The molecule has 162 valence electrons. The van der Waals surface area contributed by atoms with Crippen LogP contribution < -0.4 is 5.56 Å². The van der Waals surface area contributed by atoms with Crippen LogP contribution >= 0.6 is 0 Å². The fraction of sp³-hybridized carbons (Fsp3) is 0.261. The molecule has 0 unspecified atom stereocenters. The highest BCUT2D eigenvalue weighted by molar-refractivity contribution is 5.81. The zero-order valence-electron chi connectivity index (χ0n) is 17.4. The van der Waals surface area contributed by atoms with Crippen LogP contribution in [0.5, 0.6) is 0 Å². The number of piperazine rings is 1. The van der Waals surface area contributed by atoms with E-state index in [1.54, 1.807) is 23.2 Å². The molecule has 0 bridgehead atoms. The number of amides is 1. The average molecular weight is 430 g/mol. The lowest BCUT2D eigenvalue weighted by atomic mass is 10.2. The van der Waals surface area contributed by atoms with Crippen LogP contribution in [0.25, 0.3) is 22.2 Å². The molecule has 0 aliphatic carbocycles. The first-order valence-corrected chi connectivity index (χ1v) is 10.5. The third-order valence-electron chi connectivity index (χ3n) is 5.63. The van der Waals surface area contributed by atoms with Crippen LogP contribution in [0.2, 0.25) is 0 Å². The number of benzene rings is 2. The maximum absolute atomic E-state index is 12.7. The van der Waals surface area contributed by atoms with Gasteiger partial charge in [0.25, 0.3) is 5.56 Å². The van der Waals surface area contributed by atoms with Gasteiger partial charge in [0.05, 0.1) is 18.1 Å². The molecule has 0 saturated carbocycles. The second-order valence-corrected chi connectivity index (χ2v) is 7.73. The van der Waals surface area contributed by atoms with Crippen molar-refractivity contribution in [1.29, 1.82) is 0 Å². The molecule has 2 aromatic carbocycles. The SMILES string of the molecule is O=C(Cn1ncc2ccccc2c1=O)N1CCN(Cc2nc(-c3ccccc3)no2)CC1. The van der Waals surface area contributed by atoms with Gasteiger partial charge in [0.2, 0.25) is 17.6 Å². The van der Waals surface area contributed by atoms with E-state index in [4.69, 9.17) is 4.52 Å². The second-order valence-electron chi connectivity index (χ2n) is 7.73. The van der Waals surface area contributed by atoms with E-state index in [9.17, 15) is 9.59 Å². The monoisotopic (exact) mass is 430 g/mol. The predicted octanol–water partition coefficient (Wildman–Crippen LogP) is 1.79. The van der Waals surface area contributed by atoms with Gasteiger partial charge in [-0.05, 0) is 6.07 Å². The number of nitrogens with zero attached hydrogens (tertiary/aromatic N) is 6. The van der Waals surface area contributed by atoms with Gasteiger partial charge in [0.1, 0.15) is 6.54 Å². The fourth-order valence-electron chi connectivity index (χ4n) is 3.84. The summed E-state index contributed by atoms with van der Waals surface area (Å²) in [5.41, 5.74) is 0.663. The van der Waals surface area contributed by atoms with Gasteiger partial charge in [-0.25, -0.2) is 4.68 Å². The Balaban J connectivity index is 1.17. The number of carbonyl (C=O) groups is 1. The maximum Gasteiger partial charge on any atom is 0.275 e. The summed E-state index contributed by atoms with van der Waals surface area (Å²) >= 11 is 0. The Morgan fingerprint density at radius 1 is 0.969 bits per heavy atom. The second kappa shape index (κ2) is 8.72. The Kier molecular flexibility index (Phi) is 5.47. The molecule has 0 atom stereocenters.